The number of likely N-dealkylation sites (tertiary alicyclic amines) is 1. The van der Waals surface area contributed by atoms with Crippen LogP contribution in [0.4, 0.5) is 4.79 Å². The number of hydrogen-bond donors (Lipinski definition) is 2. The topological polar surface area (TPSA) is 102 Å². The molecule has 0 saturated carbocycles. The Balaban J connectivity index is 2.16. The summed E-state index contributed by atoms with van der Waals surface area (Å²) >= 11 is 0. The number of ether oxygens (including phenoxy) is 1. The van der Waals surface area contributed by atoms with Gasteiger partial charge in [-0.3, -0.25) is 9.59 Å². The Morgan fingerprint density at radius 3 is 2.40 bits per heavy atom. The van der Waals surface area contributed by atoms with Crippen LogP contribution in [0.15, 0.2) is 30.3 Å². The monoisotopic (exact) mass is 347 g/mol. The van der Waals surface area contributed by atoms with Crippen LogP contribution >= 0.6 is 0 Å². The highest BCUT2D eigenvalue weighted by Crippen LogP contribution is 2.22. The number of primary amides is 1. The van der Waals surface area contributed by atoms with Crippen molar-refractivity contribution < 1.29 is 19.1 Å². The van der Waals surface area contributed by atoms with Crippen molar-refractivity contribution in [1.82, 2.24) is 10.2 Å². The van der Waals surface area contributed by atoms with Gasteiger partial charge < -0.3 is 20.7 Å². The van der Waals surface area contributed by atoms with E-state index < -0.39 is 23.6 Å². The Morgan fingerprint density at radius 1 is 1.24 bits per heavy atom. The average molecular weight is 347 g/mol. The SMILES string of the molecule is CC(C)(C)OC(=O)N[C@H](C(=O)N1CCC(C(N)=O)C1)c1ccccc1. The van der Waals surface area contributed by atoms with Crippen LogP contribution in [0, 0.1) is 5.92 Å². The minimum atomic E-state index is -0.873. The first-order valence-corrected chi connectivity index (χ1v) is 8.30. The summed E-state index contributed by atoms with van der Waals surface area (Å²) in [6, 6.07) is 8.08. The average Bonchev–Trinajstić information content (AvgIpc) is 3.01. The fourth-order valence-corrected chi connectivity index (χ4v) is 2.73. The summed E-state index contributed by atoms with van der Waals surface area (Å²) in [5, 5.41) is 2.64. The van der Waals surface area contributed by atoms with E-state index in [1.54, 1.807) is 49.9 Å². The fourth-order valence-electron chi connectivity index (χ4n) is 2.73. The molecule has 136 valence electrons. The summed E-state index contributed by atoms with van der Waals surface area (Å²) in [5.41, 5.74) is 5.32. The van der Waals surface area contributed by atoms with Gasteiger partial charge in [-0.2, -0.15) is 0 Å². The van der Waals surface area contributed by atoms with Gasteiger partial charge in [0.05, 0.1) is 5.92 Å². The predicted octanol–water partition coefficient (Wildman–Crippen LogP) is 1.59. The Bertz CT molecular complexity index is 639. The third-order valence-corrected chi connectivity index (χ3v) is 3.94. The largest absolute Gasteiger partial charge is 0.444 e. The Morgan fingerprint density at radius 2 is 1.88 bits per heavy atom. The third kappa shape index (κ3) is 5.20. The van der Waals surface area contributed by atoms with Crippen LogP contribution in [-0.4, -0.2) is 41.5 Å². The van der Waals surface area contributed by atoms with Crippen molar-refractivity contribution in [2.45, 2.75) is 38.8 Å². The fraction of sp³-hybridized carbons (Fsp3) is 0.500. The highest BCUT2D eigenvalue weighted by molar-refractivity contribution is 5.88. The lowest BCUT2D eigenvalue weighted by Gasteiger charge is -2.26. The van der Waals surface area contributed by atoms with E-state index in [-0.39, 0.29) is 18.4 Å². The first kappa shape index (κ1) is 18.8. The highest BCUT2D eigenvalue weighted by atomic mass is 16.6. The maximum atomic E-state index is 12.9. The Kier molecular flexibility index (Phi) is 5.66. The van der Waals surface area contributed by atoms with E-state index in [4.69, 9.17) is 10.5 Å². The summed E-state index contributed by atoms with van der Waals surface area (Å²) in [4.78, 5) is 38.0. The number of benzene rings is 1. The minimum absolute atomic E-state index is 0.271. The van der Waals surface area contributed by atoms with Gasteiger partial charge in [-0.25, -0.2) is 4.79 Å². The molecule has 1 heterocycles. The number of hydrogen-bond acceptors (Lipinski definition) is 4. The Hall–Kier alpha value is -2.57. The summed E-state index contributed by atoms with van der Waals surface area (Å²) in [6.45, 7) is 5.97. The standard InChI is InChI=1S/C18H25N3O4/c1-18(2,3)25-17(24)20-14(12-7-5-4-6-8-12)16(23)21-10-9-13(11-21)15(19)22/h4-8,13-14H,9-11H2,1-3H3,(H2,19,22)(H,20,24)/t13?,14-/m0/s1. The summed E-state index contributed by atoms with van der Waals surface area (Å²) in [7, 11) is 0. The van der Waals surface area contributed by atoms with Gasteiger partial charge in [0.2, 0.25) is 11.8 Å². The number of carbonyl (C=O) groups is 3. The molecule has 7 nitrogen and oxygen atoms in total. The molecule has 1 aliphatic heterocycles. The van der Waals surface area contributed by atoms with Crippen molar-refractivity contribution in [2.24, 2.45) is 11.7 Å². The van der Waals surface area contributed by atoms with Gasteiger partial charge in [0, 0.05) is 13.1 Å². The zero-order valence-electron chi connectivity index (χ0n) is 14.8. The molecule has 1 aliphatic rings. The van der Waals surface area contributed by atoms with Crippen molar-refractivity contribution in [2.75, 3.05) is 13.1 Å². The maximum absolute atomic E-state index is 12.9. The van der Waals surface area contributed by atoms with Gasteiger partial charge in [-0.1, -0.05) is 30.3 Å². The van der Waals surface area contributed by atoms with Crippen molar-refractivity contribution in [3.63, 3.8) is 0 Å². The highest BCUT2D eigenvalue weighted by Gasteiger charge is 2.35. The van der Waals surface area contributed by atoms with Crippen LogP contribution in [0.1, 0.15) is 38.8 Å². The Labute approximate surface area is 147 Å². The molecule has 1 unspecified atom stereocenters. The summed E-state index contributed by atoms with van der Waals surface area (Å²) in [5.74, 6) is -1.03. The van der Waals surface area contributed by atoms with E-state index in [2.05, 4.69) is 5.32 Å². The van der Waals surface area contributed by atoms with Gasteiger partial charge in [0.1, 0.15) is 11.6 Å². The molecule has 1 aromatic rings. The van der Waals surface area contributed by atoms with Crippen LogP contribution in [0.2, 0.25) is 0 Å². The van der Waals surface area contributed by atoms with Crippen LogP contribution in [0.25, 0.3) is 0 Å². The van der Waals surface area contributed by atoms with E-state index in [1.165, 1.54) is 0 Å². The zero-order chi connectivity index (χ0) is 18.6. The van der Waals surface area contributed by atoms with Gasteiger partial charge in [-0.15, -0.1) is 0 Å². The lowest BCUT2D eigenvalue weighted by atomic mass is 10.1. The van der Waals surface area contributed by atoms with Crippen molar-refractivity contribution in [1.29, 1.82) is 0 Å². The number of rotatable bonds is 4. The second-order valence-corrected chi connectivity index (χ2v) is 7.16. The minimum Gasteiger partial charge on any atom is -0.444 e. The number of nitrogens with one attached hydrogen (secondary N) is 1. The molecule has 0 spiro atoms. The molecular weight excluding hydrogens is 322 g/mol. The molecule has 1 aromatic carbocycles. The molecule has 25 heavy (non-hydrogen) atoms. The van der Waals surface area contributed by atoms with Gasteiger partial charge >= 0.3 is 6.09 Å². The van der Waals surface area contributed by atoms with Crippen molar-refractivity contribution in [3.05, 3.63) is 35.9 Å². The number of nitrogens with zero attached hydrogens (tertiary/aromatic N) is 1. The smallest absolute Gasteiger partial charge is 0.408 e. The van der Waals surface area contributed by atoms with Crippen LogP contribution < -0.4 is 11.1 Å². The molecule has 3 amide bonds. The molecule has 1 fully saturated rings. The number of amides is 3. The molecule has 2 atom stereocenters. The predicted molar refractivity (Wildman–Crippen MR) is 92.4 cm³/mol. The van der Waals surface area contributed by atoms with Crippen molar-refractivity contribution >= 4 is 17.9 Å². The number of nitrogens with two attached hydrogens (primary N) is 1. The van der Waals surface area contributed by atoms with Crippen LogP contribution in [0.5, 0.6) is 0 Å². The van der Waals surface area contributed by atoms with Gasteiger partial charge in [0.25, 0.3) is 0 Å². The molecule has 7 heteroatoms. The van der Waals surface area contributed by atoms with E-state index in [9.17, 15) is 14.4 Å². The summed E-state index contributed by atoms with van der Waals surface area (Å²) in [6.07, 6.45) is -0.130. The number of alkyl carbamates (subject to hydrolysis) is 1. The molecule has 1 saturated heterocycles. The first-order chi connectivity index (χ1) is 11.7. The molecule has 0 bridgehead atoms. The molecule has 0 aliphatic carbocycles. The zero-order valence-corrected chi connectivity index (χ0v) is 14.8. The number of carbonyl (C=O) groups excluding carboxylic acids is 3. The van der Waals surface area contributed by atoms with Crippen LogP contribution in [-0.2, 0) is 14.3 Å². The molecular formula is C18H25N3O4. The molecule has 2 rings (SSSR count). The molecule has 0 radical (unpaired) electrons. The summed E-state index contributed by atoms with van der Waals surface area (Å²) < 4.78 is 5.27. The quantitative estimate of drug-likeness (QED) is 0.863. The third-order valence-electron chi connectivity index (χ3n) is 3.94. The van der Waals surface area contributed by atoms with E-state index in [0.29, 0.717) is 18.5 Å². The molecule has 0 aromatic heterocycles. The van der Waals surface area contributed by atoms with Crippen molar-refractivity contribution in [3.8, 4) is 0 Å². The van der Waals surface area contributed by atoms with E-state index in [1.807, 2.05) is 6.07 Å². The second-order valence-electron chi connectivity index (χ2n) is 7.16. The molecule has 3 N–H and O–H groups in total. The normalized spacial score (nSPS) is 18.5. The maximum Gasteiger partial charge on any atom is 0.408 e. The van der Waals surface area contributed by atoms with E-state index in [0.717, 1.165) is 0 Å². The van der Waals surface area contributed by atoms with Crippen LogP contribution in [0.3, 0.4) is 0 Å². The van der Waals surface area contributed by atoms with E-state index >= 15 is 0 Å². The van der Waals surface area contributed by atoms with Gasteiger partial charge in [0.15, 0.2) is 0 Å². The van der Waals surface area contributed by atoms with Gasteiger partial charge in [-0.05, 0) is 32.8 Å². The first-order valence-electron chi connectivity index (χ1n) is 8.30. The lowest BCUT2D eigenvalue weighted by molar-refractivity contribution is -0.133. The second kappa shape index (κ2) is 7.55. The lowest BCUT2D eigenvalue weighted by Crippen LogP contribution is -2.44.